The molecule has 0 aliphatic heterocycles. The van der Waals surface area contributed by atoms with Gasteiger partial charge in [-0.15, -0.1) is 0 Å². The topological polar surface area (TPSA) is 17.1 Å². The van der Waals surface area contributed by atoms with Crippen molar-refractivity contribution >= 4 is 5.78 Å². The molecule has 2 unspecified atom stereocenters. The number of aryl methyl sites for hydroxylation is 1. The molecule has 0 radical (unpaired) electrons. The van der Waals surface area contributed by atoms with Gasteiger partial charge in [-0.2, -0.15) is 0 Å². The van der Waals surface area contributed by atoms with Crippen molar-refractivity contribution in [1.82, 2.24) is 0 Å². The standard InChI is InChI=1S/C20H21FO/c1-12(2)14-4-6-15(7-5-14)17-11-18(17)20(22)16-8-9-19(21)13(3)10-16/h4-10,12,17-18H,11H2,1-3H3. The number of ketones is 1. The second-order valence-corrected chi connectivity index (χ2v) is 6.60. The molecular formula is C20H21FO. The van der Waals surface area contributed by atoms with Crippen molar-refractivity contribution in [3.8, 4) is 0 Å². The van der Waals surface area contributed by atoms with Crippen molar-refractivity contribution in [1.29, 1.82) is 0 Å². The second kappa shape index (κ2) is 5.68. The van der Waals surface area contributed by atoms with Crippen molar-refractivity contribution in [3.63, 3.8) is 0 Å². The largest absolute Gasteiger partial charge is 0.294 e. The molecule has 0 bridgehead atoms. The molecule has 2 aromatic rings. The highest BCUT2D eigenvalue weighted by Gasteiger charge is 2.43. The van der Waals surface area contributed by atoms with Crippen LogP contribution in [0.1, 0.15) is 59.2 Å². The highest BCUT2D eigenvalue weighted by molar-refractivity contribution is 6.00. The minimum atomic E-state index is -0.256. The Morgan fingerprint density at radius 2 is 1.82 bits per heavy atom. The summed E-state index contributed by atoms with van der Waals surface area (Å²) in [5.74, 6) is 0.774. The molecule has 22 heavy (non-hydrogen) atoms. The van der Waals surface area contributed by atoms with Gasteiger partial charge >= 0.3 is 0 Å². The monoisotopic (exact) mass is 296 g/mol. The van der Waals surface area contributed by atoms with E-state index in [4.69, 9.17) is 0 Å². The zero-order chi connectivity index (χ0) is 15.9. The van der Waals surface area contributed by atoms with Crippen molar-refractivity contribution in [3.05, 3.63) is 70.5 Å². The fourth-order valence-electron chi connectivity index (χ4n) is 2.99. The molecular weight excluding hydrogens is 275 g/mol. The Labute approximate surface area is 131 Å². The SMILES string of the molecule is Cc1cc(C(=O)C2CC2c2ccc(C(C)C)cc2)ccc1F. The molecule has 1 fully saturated rings. The van der Waals surface area contributed by atoms with Gasteiger partial charge in [-0.1, -0.05) is 38.1 Å². The van der Waals surface area contributed by atoms with Crippen molar-refractivity contribution < 1.29 is 9.18 Å². The maximum absolute atomic E-state index is 13.3. The first-order valence-electron chi connectivity index (χ1n) is 7.87. The summed E-state index contributed by atoms with van der Waals surface area (Å²) in [7, 11) is 0. The lowest BCUT2D eigenvalue weighted by molar-refractivity contribution is 0.0965. The van der Waals surface area contributed by atoms with Crippen molar-refractivity contribution in [2.45, 2.75) is 39.0 Å². The van der Waals surface area contributed by atoms with Crippen LogP contribution >= 0.6 is 0 Å². The lowest BCUT2D eigenvalue weighted by Gasteiger charge is -2.07. The van der Waals surface area contributed by atoms with E-state index in [9.17, 15) is 9.18 Å². The lowest BCUT2D eigenvalue weighted by Crippen LogP contribution is -2.04. The van der Waals surface area contributed by atoms with Crippen LogP contribution in [0.15, 0.2) is 42.5 Å². The van der Waals surface area contributed by atoms with Crippen LogP contribution < -0.4 is 0 Å². The molecule has 1 aliphatic carbocycles. The number of hydrogen-bond acceptors (Lipinski definition) is 1. The Balaban J connectivity index is 1.73. The van der Waals surface area contributed by atoms with E-state index in [-0.39, 0.29) is 17.5 Å². The normalized spacial score (nSPS) is 20.2. The Morgan fingerprint density at radius 1 is 1.14 bits per heavy atom. The molecule has 3 rings (SSSR count). The predicted molar refractivity (Wildman–Crippen MR) is 86.8 cm³/mol. The van der Waals surface area contributed by atoms with E-state index in [2.05, 4.69) is 38.1 Å². The zero-order valence-electron chi connectivity index (χ0n) is 13.3. The molecule has 2 aromatic carbocycles. The third-order valence-corrected chi connectivity index (χ3v) is 4.60. The van der Waals surface area contributed by atoms with Crippen LogP contribution in [0, 0.1) is 18.7 Å². The van der Waals surface area contributed by atoms with E-state index in [1.807, 2.05) is 0 Å². The van der Waals surface area contributed by atoms with Gasteiger partial charge in [0.1, 0.15) is 5.82 Å². The van der Waals surface area contributed by atoms with Gasteiger partial charge in [-0.05, 0) is 60.1 Å². The van der Waals surface area contributed by atoms with E-state index < -0.39 is 0 Å². The smallest absolute Gasteiger partial charge is 0.166 e. The van der Waals surface area contributed by atoms with Gasteiger partial charge in [0.2, 0.25) is 0 Å². The maximum Gasteiger partial charge on any atom is 0.166 e. The average Bonchev–Trinajstić information content (AvgIpc) is 3.30. The first kappa shape index (κ1) is 15.0. The number of benzene rings is 2. The summed E-state index contributed by atoms with van der Waals surface area (Å²) in [6, 6.07) is 13.2. The molecule has 0 aromatic heterocycles. The molecule has 0 heterocycles. The third-order valence-electron chi connectivity index (χ3n) is 4.60. The van der Waals surface area contributed by atoms with Crippen molar-refractivity contribution in [2.75, 3.05) is 0 Å². The number of rotatable bonds is 4. The molecule has 114 valence electrons. The van der Waals surface area contributed by atoms with Crippen LogP contribution in [0.4, 0.5) is 4.39 Å². The summed E-state index contributed by atoms with van der Waals surface area (Å²) in [4.78, 5) is 12.5. The molecule has 1 saturated carbocycles. The summed E-state index contributed by atoms with van der Waals surface area (Å²) in [5, 5.41) is 0. The van der Waals surface area contributed by atoms with Gasteiger partial charge in [0.05, 0.1) is 0 Å². The van der Waals surface area contributed by atoms with E-state index >= 15 is 0 Å². The van der Waals surface area contributed by atoms with E-state index in [1.54, 1.807) is 19.1 Å². The van der Waals surface area contributed by atoms with Crippen LogP contribution in [-0.4, -0.2) is 5.78 Å². The number of hydrogen-bond donors (Lipinski definition) is 0. The van der Waals surface area contributed by atoms with Gasteiger partial charge in [0.15, 0.2) is 5.78 Å². The average molecular weight is 296 g/mol. The fourth-order valence-corrected chi connectivity index (χ4v) is 2.99. The highest BCUT2D eigenvalue weighted by atomic mass is 19.1. The molecule has 0 N–H and O–H groups in total. The maximum atomic E-state index is 13.3. The molecule has 0 amide bonds. The van der Waals surface area contributed by atoms with Gasteiger partial charge in [-0.3, -0.25) is 4.79 Å². The summed E-state index contributed by atoms with van der Waals surface area (Å²) in [6.45, 7) is 6.05. The van der Waals surface area contributed by atoms with Crippen LogP contribution in [0.25, 0.3) is 0 Å². The molecule has 2 heteroatoms. The van der Waals surface area contributed by atoms with E-state index in [0.717, 1.165) is 6.42 Å². The summed E-state index contributed by atoms with van der Waals surface area (Å²) >= 11 is 0. The first-order chi connectivity index (χ1) is 10.5. The van der Waals surface area contributed by atoms with Crippen LogP contribution in [0.2, 0.25) is 0 Å². The van der Waals surface area contributed by atoms with Crippen LogP contribution in [0.5, 0.6) is 0 Å². The minimum absolute atomic E-state index is 0.0507. The Hall–Kier alpha value is -1.96. The molecule has 1 aliphatic rings. The number of carbonyl (C=O) groups is 1. The summed E-state index contributed by atoms with van der Waals surface area (Å²) in [6.07, 6.45) is 0.899. The quantitative estimate of drug-likeness (QED) is 0.705. The first-order valence-corrected chi connectivity index (χ1v) is 7.87. The molecule has 0 spiro atoms. The highest BCUT2D eigenvalue weighted by Crippen LogP contribution is 2.49. The predicted octanol–water partition coefficient (Wildman–Crippen LogP) is 5.24. The summed E-state index contributed by atoms with van der Waals surface area (Å²) in [5.41, 5.74) is 3.72. The Kier molecular flexibility index (Phi) is 3.86. The zero-order valence-corrected chi connectivity index (χ0v) is 13.3. The number of halogens is 1. The second-order valence-electron chi connectivity index (χ2n) is 6.60. The van der Waals surface area contributed by atoms with Gasteiger partial charge in [0.25, 0.3) is 0 Å². The Morgan fingerprint density at radius 3 is 2.41 bits per heavy atom. The molecule has 1 nitrogen and oxygen atoms in total. The van der Waals surface area contributed by atoms with Crippen LogP contribution in [-0.2, 0) is 0 Å². The minimum Gasteiger partial charge on any atom is -0.294 e. The van der Waals surface area contributed by atoms with Gasteiger partial charge in [-0.25, -0.2) is 4.39 Å². The lowest BCUT2D eigenvalue weighted by atomic mass is 9.98. The van der Waals surface area contributed by atoms with Crippen LogP contribution in [0.3, 0.4) is 0 Å². The fraction of sp³-hybridized carbons (Fsp3) is 0.350. The van der Waals surface area contributed by atoms with Gasteiger partial charge < -0.3 is 0 Å². The van der Waals surface area contributed by atoms with E-state index in [0.29, 0.717) is 23.0 Å². The Bertz CT molecular complexity index is 700. The summed E-state index contributed by atoms with van der Waals surface area (Å²) < 4.78 is 13.3. The molecule has 0 saturated heterocycles. The number of carbonyl (C=O) groups excluding carboxylic acids is 1. The van der Waals surface area contributed by atoms with Gasteiger partial charge in [0, 0.05) is 11.5 Å². The third kappa shape index (κ3) is 2.83. The molecule has 2 atom stereocenters. The van der Waals surface area contributed by atoms with E-state index in [1.165, 1.54) is 17.2 Å². The number of Topliss-reactive ketones (excluding diaryl/α,β-unsaturated/α-hetero) is 1. The van der Waals surface area contributed by atoms with Crippen molar-refractivity contribution in [2.24, 2.45) is 5.92 Å².